The van der Waals surface area contributed by atoms with Crippen LogP contribution in [-0.4, -0.2) is 26.8 Å². The van der Waals surface area contributed by atoms with Gasteiger partial charge in [-0.15, -0.1) is 0 Å². The van der Waals surface area contributed by atoms with Crippen LogP contribution in [0.2, 0.25) is 0 Å². The summed E-state index contributed by atoms with van der Waals surface area (Å²) in [4.78, 5) is 11.0. The number of rotatable bonds is 3. The topological polar surface area (TPSA) is 35.5 Å². The number of hydrogen-bond acceptors (Lipinski definition) is 3. The van der Waals surface area contributed by atoms with Gasteiger partial charge in [-0.25, -0.2) is 4.79 Å². The van der Waals surface area contributed by atoms with E-state index in [0.29, 0.717) is 5.92 Å². The van der Waals surface area contributed by atoms with E-state index in [0.717, 1.165) is 32.3 Å². The molecule has 0 atom stereocenters. The Kier molecular flexibility index (Phi) is 4.66. The first-order chi connectivity index (χ1) is 6.76. The summed E-state index contributed by atoms with van der Waals surface area (Å²) in [6.07, 6.45) is 5.88. The van der Waals surface area contributed by atoms with Crippen LogP contribution in [0.3, 0.4) is 0 Å². The first-order valence-corrected chi connectivity index (χ1v) is 5.02. The predicted molar refractivity (Wildman–Crippen MR) is 53.9 cm³/mol. The van der Waals surface area contributed by atoms with E-state index in [1.54, 1.807) is 13.2 Å². The molecule has 0 unspecified atom stereocenters. The van der Waals surface area contributed by atoms with E-state index in [1.807, 2.05) is 0 Å². The summed E-state index contributed by atoms with van der Waals surface area (Å²) < 4.78 is 9.69. The summed E-state index contributed by atoms with van der Waals surface area (Å²) in [7, 11) is 3.15. The Morgan fingerprint density at radius 2 is 2.07 bits per heavy atom. The predicted octanol–water partition coefficient (Wildman–Crippen LogP) is 1.92. The van der Waals surface area contributed by atoms with Crippen LogP contribution in [0.25, 0.3) is 0 Å². The van der Waals surface area contributed by atoms with Gasteiger partial charge in [-0.1, -0.05) is 5.57 Å². The summed E-state index contributed by atoms with van der Waals surface area (Å²) in [6, 6.07) is 0. The minimum atomic E-state index is -0.231. The summed E-state index contributed by atoms with van der Waals surface area (Å²) in [5.74, 6) is 0.431. The highest BCUT2D eigenvalue weighted by atomic mass is 16.5. The summed E-state index contributed by atoms with van der Waals surface area (Å²) in [5.41, 5.74) is 1.21. The summed E-state index contributed by atoms with van der Waals surface area (Å²) in [6.45, 7) is 0.839. The fourth-order valence-corrected chi connectivity index (χ4v) is 1.82. The molecular weight excluding hydrogens is 180 g/mol. The molecule has 0 aromatic heterocycles. The summed E-state index contributed by atoms with van der Waals surface area (Å²) in [5, 5.41) is 0. The maximum absolute atomic E-state index is 11.0. The van der Waals surface area contributed by atoms with Crippen LogP contribution in [0.15, 0.2) is 11.6 Å². The molecule has 0 amide bonds. The molecule has 1 aliphatic carbocycles. The van der Waals surface area contributed by atoms with Crippen LogP contribution in [-0.2, 0) is 14.3 Å². The van der Waals surface area contributed by atoms with Crippen LogP contribution in [0, 0.1) is 5.92 Å². The van der Waals surface area contributed by atoms with E-state index in [4.69, 9.17) is 4.74 Å². The van der Waals surface area contributed by atoms with E-state index >= 15 is 0 Å². The second kappa shape index (κ2) is 5.81. The van der Waals surface area contributed by atoms with Gasteiger partial charge in [0.2, 0.25) is 0 Å². The quantitative estimate of drug-likeness (QED) is 0.513. The molecule has 14 heavy (non-hydrogen) atoms. The van der Waals surface area contributed by atoms with Crippen LogP contribution in [0.4, 0.5) is 0 Å². The maximum Gasteiger partial charge on any atom is 0.330 e. The second-order valence-corrected chi connectivity index (χ2v) is 3.72. The number of carbonyl (C=O) groups is 1. The van der Waals surface area contributed by atoms with Crippen LogP contribution < -0.4 is 0 Å². The van der Waals surface area contributed by atoms with Crippen molar-refractivity contribution in [1.29, 1.82) is 0 Å². The number of hydrogen-bond donors (Lipinski definition) is 0. The molecule has 0 bridgehead atoms. The molecule has 1 rings (SSSR count). The minimum absolute atomic E-state index is 0.231. The van der Waals surface area contributed by atoms with E-state index in [9.17, 15) is 4.79 Å². The highest BCUT2D eigenvalue weighted by molar-refractivity contribution is 5.82. The highest BCUT2D eigenvalue weighted by Crippen LogP contribution is 2.28. The molecule has 80 valence electrons. The average Bonchev–Trinajstić information content (AvgIpc) is 2.21. The molecule has 0 aromatic carbocycles. The van der Waals surface area contributed by atoms with E-state index in [2.05, 4.69) is 4.74 Å². The van der Waals surface area contributed by atoms with Crippen molar-refractivity contribution in [2.45, 2.75) is 25.7 Å². The van der Waals surface area contributed by atoms with Crippen molar-refractivity contribution in [3.05, 3.63) is 11.6 Å². The molecule has 0 spiro atoms. The van der Waals surface area contributed by atoms with E-state index in [-0.39, 0.29) is 5.97 Å². The molecule has 0 saturated heterocycles. The Labute approximate surface area is 85.1 Å². The maximum atomic E-state index is 11.0. The van der Waals surface area contributed by atoms with Gasteiger partial charge in [-0.05, 0) is 31.6 Å². The molecule has 1 saturated carbocycles. The van der Waals surface area contributed by atoms with Gasteiger partial charge in [-0.2, -0.15) is 0 Å². The lowest BCUT2D eigenvalue weighted by Crippen LogP contribution is -2.14. The molecular formula is C11H18O3. The van der Waals surface area contributed by atoms with Crippen LogP contribution in [0.5, 0.6) is 0 Å². The van der Waals surface area contributed by atoms with Gasteiger partial charge in [0.15, 0.2) is 0 Å². The number of allylic oxidation sites excluding steroid dienone is 1. The van der Waals surface area contributed by atoms with Gasteiger partial charge in [0.05, 0.1) is 7.11 Å². The van der Waals surface area contributed by atoms with Gasteiger partial charge in [0, 0.05) is 19.8 Å². The number of ether oxygens (including phenoxy) is 2. The molecule has 1 aliphatic rings. The van der Waals surface area contributed by atoms with E-state index < -0.39 is 0 Å². The standard InChI is InChI=1S/C11H18O3/c1-13-8-10-5-3-9(4-6-10)7-11(12)14-2/h7,10H,3-6,8H2,1-2H3. The van der Waals surface area contributed by atoms with Crippen molar-refractivity contribution in [3.8, 4) is 0 Å². The van der Waals surface area contributed by atoms with Crippen molar-refractivity contribution in [2.75, 3.05) is 20.8 Å². The Morgan fingerprint density at radius 1 is 1.43 bits per heavy atom. The zero-order valence-corrected chi connectivity index (χ0v) is 8.91. The SMILES string of the molecule is COCC1CCC(=CC(=O)OC)CC1. The van der Waals surface area contributed by atoms with Crippen LogP contribution in [0.1, 0.15) is 25.7 Å². The lowest BCUT2D eigenvalue weighted by atomic mass is 9.86. The first kappa shape index (κ1) is 11.2. The zero-order valence-electron chi connectivity index (χ0n) is 8.91. The molecule has 0 N–H and O–H groups in total. The fourth-order valence-electron chi connectivity index (χ4n) is 1.82. The molecule has 0 radical (unpaired) electrons. The third-order valence-corrected chi connectivity index (χ3v) is 2.67. The minimum Gasteiger partial charge on any atom is -0.466 e. The Balaban J connectivity index is 2.35. The Hall–Kier alpha value is -0.830. The molecule has 3 nitrogen and oxygen atoms in total. The van der Waals surface area contributed by atoms with Gasteiger partial charge >= 0.3 is 5.97 Å². The second-order valence-electron chi connectivity index (χ2n) is 3.72. The summed E-state index contributed by atoms with van der Waals surface area (Å²) >= 11 is 0. The van der Waals surface area contributed by atoms with Gasteiger partial charge in [0.25, 0.3) is 0 Å². The molecule has 3 heteroatoms. The lowest BCUT2D eigenvalue weighted by Gasteiger charge is -2.22. The molecule has 0 aromatic rings. The van der Waals surface area contributed by atoms with Crippen molar-refractivity contribution in [2.24, 2.45) is 5.92 Å². The first-order valence-electron chi connectivity index (χ1n) is 5.02. The number of carbonyl (C=O) groups excluding carboxylic acids is 1. The zero-order chi connectivity index (χ0) is 10.4. The van der Waals surface area contributed by atoms with Crippen molar-refractivity contribution in [1.82, 2.24) is 0 Å². The third-order valence-electron chi connectivity index (χ3n) is 2.67. The Bertz CT molecular complexity index is 211. The highest BCUT2D eigenvalue weighted by Gasteiger charge is 2.16. The van der Waals surface area contributed by atoms with Crippen LogP contribution >= 0.6 is 0 Å². The number of methoxy groups -OCH3 is 2. The molecule has 1 fully saturated rings. The third kappa shape index (κ3) is 3.50. The number of esters is 1. The monoisotopic (exact) mass is 198 g/mol. The molecule has 0 aliphatic heterocycles. The lowest BCUT2D eigenvalue weighted by molar-refractivity contribution is -0.134. The van der Waals surface area contributed by atoms with Crippen molar-refractivity contribution >= 4 is 5.97 Å². The van der Waals surface area contributed by atoms with E-state index in [1.165, 1.54) is 12.7 Å². The average molecular weight is 198 g/mol. The van der Waals surface area contributed by atoms with Crippen molar-refractivity contribution < 1.29 is 14.3 Å². The Morgan fingerprint density at radius 3 is 2.57 bits per heavy atom. The largest absolute Gasteiger partial charge is 0.466 e. The normalized spacial score (nSPS) is 21.9. The van der Waals surface area contributed by atoms with Gasteiger partial charge < -0.3 is 9.47 Å². The smallest absolute Gasteiger partial charge is 0.330 e. The van der Waals surface area contributed by atoms with Crippen molar-refractivity contribution in [3.63, 3.8) is 0 Å². The van der Waals surface area contributed by atoms with Gasteiger partial charge in [0.1, 0.15) is 0 Å². The fraction of sp³-hybridized carbons (Fsp3) is 0.727. The molecule has 0 heterocycles. The van der Waals surface area contributed by atoms with Gasteiger partial charge in [-0.3, -0.25) is 0 Å².